The van der Waals surface area contributed by atoms with Crippen LogP contribution in [-0.4, -0.2) is 43.4 Å². The van der Waals surface area contributed by atoms with E-state index >= 15 is 0 Å². The van der Waals surface area contributed by atoms with Gasteiger partial charge in [0.15, 0.2) is 0 Å². The highest BCUT2D eigenvalue weighted by Gasteiger charge is 2.35. The van der Waals surface area contributed by atoms with Crippen molar-refractivity contribution in [3.8, 4) is 0 Å². The summed E-state index contributed by atoms with van der Waals surface area (Å²) in [5.74, 6) is 0. The fraction of sp³-hybridized carbons (Fsp3) is 0.333. The topological polar surface area (TPSA) is 64.6 Å². The van der Waals surface area contributed by atoms with Crippen LogP contribution in [-0.2, 0) is 0 Å². The van der Waals surface area contributed by atoms with Gasteiger partial charge < -0.3 is 20.9 Å². The molecular formula is C27H36N6. The number of para-hydroxylation sites is 2. The zero-order valence-electron chi connectivity index (χ0n) is 20.3. The molecule has 0 amide bonds. The Morgan fingerprint density at radius 2 is 1.76 bits per heavy atom. The predicted molar refractivity (Wildman–Crippen MR) is 141 cm³/mol. The minimum Gasteiger partial charge on any atom is -0.390 e. The summed E-state index contributed by atoms with van der Waals surface area (Å²) < 4.78 is 0. The van der Waals surface area contributed by atoms with Crippen LogP contribution in [0.1, 0.15) is 32.3 Å². The highest BCUT2D eigenvalue weighted by atomic mass is 15.2. The lowest BCUT2D eigenvalue weighted by Gasteiger charge is -2.44. The smallest absolute Gasteiger partial charge is 0.0819 e. The number of allylic oxidation sites excluding steroid dienone is 1. The zero-order valence-corrected chi connectivity index (χ0v) is 20.3. The van der Waals surface area contributed by atoms with Crippen LogP contribution >= 0.6 is 0 Å². The highest BCUT2D eigenvalue weighted by molar-refractivity contribution is 5.99. The van der Waals surface area contributed by atoms with Gasteiger partial charge in [-0.3, -0.25) is 9.98 Å². The number of hydrogen-bond donors (Lipinski definition) is 3. The molecule has 1 aromatic heterocycles. The minimum absolute atomic E-state index is 0.0749. The third kappa shape index (κ3) is 5.52. The Balaban J connectivity index is 1.76. The van der Waals surface area contributed by atoms with Crippen molar-refractivity contribution in [3.63, 3.8) is 0 Å². The standard InChI is InChI=1S/C27H36N6/c1-7-24(31-20(2)23-12-16-30-17-13-23)21(3)32-25-10-8-9-11-26(25)33-18-14-27(29-6,15-19-33)22(4)28-5/h7-13,16-17,28-29,32H,3-4,14-15,18-19H2,1-2,5-6H3/b24-7-,31-20+. The van der Waals surface area contributed by atoms with Gasteiger partial charge in [0.25, 0.3) is 0 Å². The lowest BCUT2D eigenvalue weighted by Crippen LogP contribution is -2.55. The molecule has 6 nitrogen and oxygen atoms in total. The Morgan fingerprint density at radius 3 is 2.36 bits per heavy atom. The average Bonchev–Trinajstić information content (AvgIpc) is 2.87. The number of aliphatic imine (C=N–C) groups is 1. The summed E-state index contributed by atoms with van der Waals surface area (Å²) in [7, 11) is 3.96. The normalized spacial score (nSPS) is 16.3. The molecule has 1 fully saturated rings. The molecule has 1 aromatic carbocycles. The first kappa shape index (κ1) is 24.3. The van der Waals surface area contributed by atoms with E-state index in [0.717, 1.165) is 60.0 Å². The summed E-state index contributed by atoms with van der Waals surface area (Å²) in [5.41, 5.74) is 6.72. The Hall–Kier alpha value is -3.38. The Bertz CT molecular complexity index is 1030. The summed E-state index contributed by atoms with van der Waals surface area (Å²) in [4.78, 5) is 11.3. The summed E-state index contributed by atoms with van der Waals surface area (Å²) >= 11 is 0. The Morgan fingerprint density at radius 1 is 1.09 bits per heavy atom. The van der Waals surface area contributed by atoms with E-state index in [1.807, 2.05) is 52.2 Å². The van der Waals surface area contributed by atoms with Crippen molar-refractivity contribution >= 4 is 17.1 Å². The second-order valence-electron chi connectivity index (χ2n) is 8.28. The molecule has 3 rings (SSSR count). The number of nitrogens with zero attached hydrogens (tertiary/aromatic N) is 3. The second-order valence-corrected chi connectivity index (χ2v) is 8.28. The maximum Gasteiger partial charge on any atom is 0.0819 e. The van der Waals surface area contributed by atoms with Gasteiger partial charge in [-0.1, -0.05) is 31.4 Å². The van der Waals surface area contributed by atoms with Gasteiger partial charge in [0, 0.05) is 43.9 Å². The van der Waals surface area contributed by atoms with Gasteiger partial charge in [0.05, 0.1) is 28.3 Å². The first-order valence-corrected chi connectivity index (χ1v) is 11.4. The van der Waals surface area contributed by atoms with Crippen LogP contribution in [0.2, 0.25) is 0 Å². The van der Waals surface area contributed by atoms with Crippen LogP contribution in [0, 0.1) is 0 Å². The predicted octanol–water partition coefficient (Wildman–Crippen LogP) is 4.71. The average molecular weight is 445 g/mol. The van der Waals surface area contributed by atoms with Gasteiger partial charge in [0.2, 0.25) is 0 Å². The summed E-state index contributed by atoms with van der Waals surface area (Å²) in [6.45, 7) is 14.4. The van der Waals surface area contributed by atoms with Gasteiger partial charge in [0.1, 0.15) is 0 Å². The molecule has 1 saturated heterocycles. The van der Waals surface area contributed by atoms with Gasteiger partial charge in [-0.25, -0.2) is 0 Å². The number of anilines is 2. The van der Waals surface area contributed by atoms with E-state index in [1.165, 1.54) is 5.69 Å². The number of piperidine rings is 1. The van der Waals surface area contributed by atoms with E-state index in [9.17, 15) is 0 Å². The molecule has 0 aliphatic carbocycles. The summed E-state index contributed by atoms with van der Waals surface area (Å²) in [6, 6.07) is 12.3. The first-order valence-electron chi connectivity index (χ1n) is 11.4. The minimum atomic E-state index is -0.0749. The van der Waals surface area contributed by atoms with E-state index in [4.69, 9.17) is 4.99 Å². The van der Waals surface area contributed by atoms with E-state index in [1.54, 1.807) is 12.4 Å². The van der Waals surface area contributed by atoms with Crippen LogP contribution in [0.15, 0.2) is 90.1 Å². The molecule has 0 spiro atoms. The van der Waals surface area contributed by atoms with Crippen molar-refractivity contribution in [1.29, 1.82) is 0 Å². The van der Waals surface area contributed by atoms with E-state index in [-0.39, 0.29) is 5.54 Å². The lowest BCUT2D eigenvalue weighted by molar-refractivity contribution is 0.315. The molecule has 2 heterocycles. The monoisotopic (exact) mass is 444 g/mol. The molecule has 6 heteroatoms. The van der Waals surface area contributed by atoms with Crippen LogP contribution < -0.4 is 20.9 Å². The molecular weight excluding hydrogens is 408 g/mol. The van der Waals surface area contributed by atoms with E-state index in [0.29, 0.717) is 0 Å². The van der Waals surface area contributed by atoms with Crippen molar-refractivity contribution in [3.05, 3.63) is 90.7 Å². The third-order valence-corrected chi connectivity index (χ3v) is 6.47. The van der Waals surface area contributed by atoms with E-state index < -0.39 is 0 Å². The number of benzene rings is 1. The molecule has 0 bridgehead atoms. The number of pyridine rings is 1. The third-order valence-electron chi connectivity index (χ3n) is 6.47. The van der Waals surface area contributed by atoms with Crippen molar-refractivity contribution in [2.75, 3.05) is 37.4 Å². The number of aromatic nitrogens is 1. The number of likely N-dealkylation sites (N-methyl/N-ethyl adjacent to an activating group) is 2. The Labute approximate surface area is 198 Å². The highest BCUT2D eigenvalue weighted by Crippen LogP contribution is 2.34. The molecule has 0 saturated carbocycles. The first-order chi connectivity index (χ1) is 15.9. The van der Waals surface area contributed by atoms with Crippen LogP contribution in [0.25, 0.3) is 0 Å². The quantitative estimate of drug-likeness (QED) is 0.386. The molecule has 1 aliphatic heterocycles. The molecule has 1 aliphatic rings. The van der Waals surface area contributed by atoms with Gasteiger partial charge >= 0.3 is 0 Å². The maximum atomic E-state index is 4.81. The largest absolute Gasteiger partial charge is 0.390 e. The molecule has 3 N–H and O–H groups in total. The summed E-state index contributed by atoms with van der Waals surface area (Å²) in [6.07, 6.45) is 7.50. The van der Waals surface area contributed by atoms with Gasteiger partial charge in [-0.15, -0.1) is 0 Å². The Kier molecular flexibility index (Phi) is 8.06. The molecule has 0 unspecified atom stereocenters. The van der Waals surface area contributed by atoms with Crippen molar-refractivity contribution in [1.82, 2.24) is 15.6 Å². The molecule has 174 valence electrons. The van der Waals surface area contributed by atoms with Crippen molar-refractivity contribution in [2.24, 2.45) is 4.99 Å². The van der Waals surface area contributed by atoms with Crippen molar-refractivity contribution in [2.45, 2.75) is 32.2 Å². The number of nitrogens with one attached hydrogen (secondary N) is 3. The number of rotatable bonds is 9. The SMILES string of the molecule is C=C(Nc1ccccc1N1CCC(NC)(C(=C)NC)CC1)C(=C/C)/N=C(\C)c1ccncc1. The zero-order chi connectivity index (χ0) is 23.8. The van der Waals surface area contributed by atoms with Gasteiger partial charge in [-0.2, -0.15) is 0 Å². The fourth-order valence-electron chi connectivity index (χ4n) is 4.30. The number of hydrogen-bond acceptors (Lipinski definition) is 6. The van der Waals surface area contributed by atoms with Gasteiger partial charge in [-0.05, 0) is 63.6 Å². The van der Waals surface area contributed by atoms with Crippen LogP contribution in [0.4, 0.5) is 11.4 Å². The molecule has 0 radical (unpaired) electrons. The fourth-order valence-corrected chi connectivity index (χ4v) is 4.30. The second kappa shape index (κ2) is 11.0. The van der Waals surface area contributed by atoms with Crippen LogP contribution in [0.5, 0.6) is 0 Å². The molecule has 0 atom stereocenters. The van der Waals surface area contributed by atoms with E-state index in [2.05, 4.69) is 57.2 Å². The van der Waals surface area contributed by atoms with Crippen molar-refractivity contribution < 1.29 is 0 Å². The summed E-state index contributed by atoms with van der Waals surface area (Å²) in [5, 5.41) is 10.3. The molecule has 2 aromatic rings. The van der Waals surface area contributed by atoms with Crippen LogP contribution in [0.3, 0.4) is 0 Å². The lowest BCUT2D eigenvalue weighted by atomic mass is 9.84. The molecule has 33 heavy (non-hydrogen) atoms. The maximum absolute atomic E-state index is 4.81.